The molecule has 0 bridgehead atoms. The maximum Gasteiger partial charge on any atom is 0.116 e. The number of allylic oxidation sites excluding steroid dienone is 1. The number of aryl methyl sites for hydroxylation is 2. The molecular formula is C12H18FN3. The Kier molecular flexibility index (Phi) is 4.40. The van der Waals surface area contributed by atoms with E-state index in [2.05, 4.69) is 16.5 Å². The minimum atomic E-state index is -0.258. The molecule has 3 nitrogen and oxygen atoms in total. The fraction of sp³-hybridized carbons (Fsp3) is 0.500. The van der Waals surface area contributed by atoms with Crippen LogP contribution in [0, 0.1) is 12.8 Å². The van der Waals surface area contributed by atoms with Crippen molar-refractivity contribution in [2.75, 3.05) is 5.73 Å². The zero-order valence-corrected chi connectivity index (χ0v) is 9.83. The molecule has 1 unspecified atom stereocenters. The van der Waals surface area contributed by atoms with Gasteiger partial charge >= 0.3 is 0 Å². The molecule has 0 aliphatic carbocycles. The minimum Gasteiger partial charge on any atom is -0.396 e. The number of hydrogen-bond acceptors (Lipinski definition) is 3. The van der Waals surface area contributed by atoms with Crippen LogP contribution in [-0.4, -0.2) is 9.97 Å². The van der Waals surface area contributed by atoms with Gasteiger partial charge < -0.3 is 5.73 Å². The highest BCUT2D eigenvalue weighted by Gasteiger charge is 2.08. The van der Waals surface area contributed by atoms with E-state index in [0.717, 1.165) is 30.7 Å². The van der Waals surface area contributed by atoms with E-state index in [1.165, 1.54) is 6.33 Å². The summed E-state index contributed by atoms with van der Waals surface area (Å²) in [7, 11) is 0. The molecule has 0 saturated heterocycles. The van der Waals surface area contributed by atoms with Gasteiger partial charge in [0.05, 0.1) is 22.9 Å². The van der Waals surface area contributed by atoms with Gasteiger partial charge in [0.1, 0.15) is 6.33 Å². The highest BCUT2D eigenvalue weighted by Crippen LogP contribution is 2.19. The molecule has 1 aromatic rings. The van der Waals surface area contributed by atoms with Gasteiger partial charge in [-0.15, -0.1) is 0 Å². The number of nitrogens with two attached hydrogens (primary N) is 1. The largest absolute Gasteiger partial charge is 0.396 e. The van der Waals surface area contributed by atoms with E-state index in [0.29, 0.717) is 5.69 Å². The van der Waals surface area contributed by atoms with Gasteiger partial charge in [-0.25, -0.2) is 14.4 Å². The molecule has 0 aliphatic rings. The van der Waals surface area contributed by atoms with Crippen LogP contribution in [0.2, 0.25) is 0 Å². The normalized spacial score (nSPS) is 12.4. The van der Waals surface area contributed by atoms with Crippen LogP contribution in [0.15, 0.2) is 18.7 Å². The van der Waals surface area contributed by atoms with E-state index >= 15 is 0 Å². The molecule has 2 N–H and O–H groups in total. The molecule has 0 radical (unpaired) electrons. The second-order valence-corrected chi connectivity index (χ2v) is 4.06. The van der Waals surface area contributed by atoms with Gasteiger partial charge in [0.15, 0.2) is 0 Å². The van der Waals surface area contributed by atoms with Crippen molar-refractivity contribution in [1.82, 2.24) is 9.97 Å². The van der Waals surface area contributed by atoms with Gasteiger partial charge in [-0.05, 0) is 26.2 Å². The summed E-state index contributed by atoms with van der Waals surface area (Å²) in [5, 5.41) is 0. The average Bonchev–Trinajstić information content (AvgIpc) is 2.24. The molecule has 1 atom stereocenters. The number of anilines is 1. The van der Waals surface area contributed by atoms with Gasteiger partial charge in [0, 0.05) is 5.92 Å². The number of hydrogen-bond donors (Lipinski definition) is 1. The molecule has 0 amide bonds. The first-order valence-corrected chi connectivity index (χ1v) is 5.42. The van der Waals surface area contributed by atoms with Crippen LogP contribution in [0.5, 0.6) is 0 Å². The Morgan fingerprint density at radius 2 is 2.25 bits per heavy atom. The first-order chi connectivity index (χ1) is 7.52. The van der Waals surface area contributed by atoms with Gasteiger partial charge in [-0.1, -0.05) is 13.5 Å². The Balaban J connectivity index is 2.49. The lowest BCUT2D eigenvalue weighted by Crippen LogP contribution is -2.03. The van der Waals surface area contributed by atoms with Gasteiger partial charge in [-0.2, -0.15) is 0 Å². The second kappa shape index (κ2) is 5.58. The SMILES string of the molecule is C=C(F)C(C)CCCc1ncnc(C)c1N. The summed E-state index contributed by atoms with van der Waals surface area (Å²) < 4.78 is 12.7. The van der Waals surface area contributed by atoms with Crippen molar-refractivity contribution in [1.29, 1.82) is 0 Å². The zero-order valence-electron chi connectivity index (χ0n) is 9.83. The van der Waals surface area contributed by atoms with Crippen molar-refractivity contribution in [3.05, 3.63) is 30.1 Å². The fourth-order valence-electron chi connectivity index (χ4n) is 1.46. The van der Waals surface area contributed by atoms with Gasteiger partial charge in [-0.3, -0.25) is 0 Å². The summed E-state index contributed by atoms with van der Waals surface area (Å²) in [4.78, 5) is 8.13. The first kappa shape index (κ1) is 12.6. The van der Waals surface area contributed by atoms with Crippen LogP contribution in [0.25, 0.3) is 0 Å². The molecule has 0 saturated carbocycles. The summed E-state index contributed by atoms with van der Waals surface area (Å²) in [6.45, 7) is 6.98. The third-order valence-electron chi connectivity index (χ3n) is 2.75. The summed E-state index contributed by atoms with van der Waals surface area (Å²) >= 11 is 0. The van der Waals surface area contributed by atoms with Crippen LogP contribution in [0.1, 0.15) is 31.2 Å². The topological polar surface area (TPSA) is 51.8 Å². The van der Waals surface area contributed by atoms with Crippen molar-refractivity contribution in [3.8, 4) is 0 Å². The smallest absolute Gasteiger partial charge is 0.116 e. The van der Waals surface area contributed by atoms with E-state index < -0.39 is 0 Å². The molecular weight excluding hydrogens is 205 g/mol. The van der Waals surface area contributed by atoms with Crippen molar-refractivity contribution >= 4 is 5.69 Å². The highest BCUT2D eigenvalue weighted by molar-refractivity contribution is 5.46. The van der Waals surface area contributed by atoms with E-state index in [-0.39, 0.29) is 11.7 Å². The highest BCUT2D eigenvalue weighted by atomic mass is 19.1. The number of halogens is 1. The van der Waals surface area contributed by atoms with Gasteiger partial charge in [0.2, 0.25) is 0 Å². The van der Waals surface area contributed by atoms with Crippen LogP contribution < -0.4 is 5.73 Å². The maximum absolute atomic E-state index is 12.7. The van der Waals surface area contributed by atoms with E-state index in [1.54, 1.807) is 0 Å². The van der Waals surface area contributed by atoms with Crippen LogP contribution in [0.4, 0.5) is 10.1 Å². The Labute approximate surface area is 95.6 Å². The molecule has 0 spiro atoms. The van der Waals surface area contributed by atoms with E-state index in [1.807, 2.05) is 13.8 Å². The average molecular weight is 223 g/mol. The van der Waals surface area contributed by atoms with E-state index in [9.17, 15) is 4.39 Å². The number of nitrogens with zero attached hydrogens (tertiary/aromatic N) is 2. The monoisotopic (exact) mass is 223 g/mol. The molecule has 0 aromatic carbocycles. The predicted molar refractivity (Wildman–Crippen MR) is 63.5 cm³/mol. The van der Waals surface area contributed by atoms with Crippen LogP contribution in [0.3, 0.4) is 0 Å². The number of aromatic nitrogens is 2. The van der Waals surface area contributed by atoms with Crippen molar-refractivity contribution < 1.29 is 4.39 Å². The van der Waals surface area contributed by atoms with E-state index in [4.69, 9.17) is 5.73 Å². The summed E-state index contributed by atoms with van der Waals surface area (Å²) in [5.41, 5.74) is 8.14. The second-order valence-electron chi connectivity index (χ2n) is 4.06. The third-order valence-corrected chi connectivity index (χ3v) is 2.75. The Morgan fingerprint density at radius 1 is 1.56 bits per heavy atom. The Morgan fingerprint density at radius 3 is 2.88 bits per heavy atom. The number of rotatable bonds is 5. The first-order valence-electron chi connectivity index (χ1n) is 5.42. The van der Waals surface area contributed by atoms with Gasteiger partial charge in [0.25, 0.3) is 0 Å². The van der Waals surface area contributed by atoms with Crippen molar-refractivity contribution in [2.45, 2.75) is 33.1 Å². The standard InChI is InChI=1S/C12H18FN3/c1-8(9(2)13)5-4-6-11-12(14)10(3)15-7-16-11/h7-8H,2,4-6,14H2,1,3H3. The summed E-state index contributed by atoms with van der Waals surface area (Å²) in [5.74, 6) is -0.351. The quantitative estimate of drug-likeness (QED) is 0.835. The molecule has 1 aromatic heterocycles. The third kappa shape index (κ3) is 3.29. The Bertz CT molecular complexity index is 377. The molecule has 88 valence electrons. The minimum absolute atomic E-state index is 0.0934. The number of nitrogen functional groups attached to an aromatic ring is 1. The molecule has 4 heteroatoms. The molecule has 1 rings (SSSR count). The lowest BCUT2D eigenvalue weighted by Gasteiger charge is -2.09. The molecule has 16 heavy (non-hydrogen) atoms. The van der Waals surface area contributed by atoms with Crippen LogP contribution in [-0.2, 0) is 6.42 Å². The predicted octanol–water partition coefficient (Wildman–Crippen LogP) is 2.81. The lowest BCUT2D eigenvalue weighted by atomic mass is 10.0. The fourth-order valence-corrected chi connectivity index (χ4v) is 1.46. The molecule has 1 heterocycles. The maximum atomic E-state index is 12.7. The Hall–Kier alpha value is -1.45. The lowest BCUT2D eigenvalue weighted by molar-refractivity contribution is 0.459. The molecule has 0 aliphatic heterocycles. The zero-order chi connectivity index (χ0) is 12.1. The summed E-state index contributed by atoms with van der Waals surface area (Å²) in [6, 6.07) is 0. The van der Waals surface area contributed by atoms with Crippen molar-refractivity contribution in [2.24, 2.45) is 5.92 Å². The van der Waals surface area contributed by atoms with Crippen LogP contribution >= 0.6 is 0 Å². The molecule has 0 fully saturated rings. The van der Waals surface area contributed by atoms with Crippen molar-refractivity contribution in [3.63, 3.8) is 0 Å². The summed E-state index contributed by atoms with van der Waals surface area (Å²) in [6.07, 6.45) is 3.88.